The second kappa shape index (κ2) is 6.38. The van der Waals surface area contributed by atoms with E-state index in [0.29, 0.717) is 29.4 Å². The van der Waals surface area contributed by atoms with Gasteiger partial charge in [0.1, 0.15) is 5.75 Å². The Morgan fingerprint density at radius 1 is 1.07 bits per heavy atom. The Morgan fingerprint density at radius 3 is 2.70 bits per heavy atom. The molecule has 2 fully saturated rings. The van der Waals surface area contributed by atoms with Crippen molar-refractivity contribution in [3.05, 3.63) is 65.2 Å². The zero-order valence-electron chi connectivity index (χ0n) is 16.1. The van der Waals surface area contributed by atoms with Gasteiger partial charge >= 0.3 is 0 Å². The van der Waals surface area contributed by atoms with Crippen LogP contribution in [0.15, 0.2) is 48.5 Å². The Hall–Kier alpha value is -1.80. The van der Waals surface area contributed by atoms with Crippen molar-refractivity contribution in [1.82, 2.24) is 0 Å². The zero-order chi connectivity index (χ0) is 18.6. The summed E-state index contributed by atoms with van der Waals surface area (Å²) in [5.74, 6) is 2.67. The normalized spacial score (nSPS) is 37.3. The van der Waals surface area contributed by atoms with Crippen molar-refractivity contribution in [1.29, 1.82) is 0 Å². The number of rotatable bonds is 2. The van der Waals surface area contributed by atoms with Crippen LogP contribution in [0.1, 0.15) is 55.2 Å². The predicted molar refractivity (Wildman–Crippen MR) is 108 cm³/mol. The van der Waals surface area contributed by atoms with Crippen LogP contribution < -0.4 is 0 Å². The number of hydrogen-bond acceptors (Lipinski definition) is 2. The van der Waals surface area contributed by atoms with Crippen molar-refractivity contribution in [2.75, 3.05) is 0 Å². The third-order valence-electron chi connectivity index (χ3n) is 8.17. The van der Waals surface area contributed by atoms with Gasteiger partial charge in [-0.15, -0.1) is 0 Å². The van der Waals surface area contributed by atoms with Crippen molar-refractivity contribution >= 4 is 0 Å². The molecule has 0 amide bonds. The summed E-state index contributed by atoms with van der Waals surface area (Å²) in [5, 5.41) is 21.1. The summed E-state index contributed by atoms with van der Waals surface area (Å²) in [6.45, 7) is 2.36. The molecule has 3 aliphatic rings. The highest BCUT2D eigenvalue weighted by Gasteiger charge is 2.57. The number of aliphatic hydroxyl groups is 1. The van der Waals surface area contributed by atoms with Crippen LogP contribution in [0, 0.1) is 23.2 Å². The smallest absolute Gasteiger partial charge is 0.115 e. The van der Waals surface area contributed by atoms with Crippen LogP contribution in [0.5, 0.6) is 5.75 Å². The van der Waals surface area contributed by atoms with Crippen LogP contribution in [0.3, 0.4) is 0 Å². The van der Waals surface area contributed by atoms with Crippen LogP contribution in [0.2, 0.25) is 0 Å². The Bertz CT molecular complexity index is 829. The van der Waals surface area contributed by atoms with Gasteiger partial charge in [0.05, 0.1) is 6.10 Å². The van der Waals surface area contributed by atoms with Crippen molar-refractivity contribution in [2.45, 2.75) is 57.5 Å². The summed E-state index contributed by atoms with van der Waals surface area (Å²) >= 11 is 0. The van der Waals surface area contributed by atoms with E-state index < -0.39 is 0 Å². The number of benzene rings is 2. The molecule has 0 heterocycles. The number of hydrogen-bond donors (Lipinski definition) is 2. The Labute approximate surface area is 162 Å². The molecular weight excluding hydrogens is 332 g/mol. The quantitative estimate of drug-likeness (QED) is 0.782. The largest absolute Gasteiger partial charge is 0.508 e. The zero-order valence-corrected chi connectivity index (χ0v) is 16.1. The van der Waals surface area contributed by atoms with Gasteiger partial charge in [0.2, 0.25) is 0 Å². The lowest BCUT2D eigenvalue weighted by molar-refractivity contribution is -0.0325. The molecule has 2 nitrogen and oxygen atoms in total. The van der Waals surface area contributed by atoms with Crippen molar-refractivity contribution in [3.8, 4) is 5.75 Å². The summed E-state index contributed by atoms with van der Waals surface area (Å²) in [7, 11) is 0. The van der Waals surface area contributed by atoms with E-state index >= 15 is 0 Å². The topological polar surface area (TPSA) is 40.5 Å². The van der Waals surface area contributed by atoms with Gasteiger partial charge in [-0.05, 0) is 96.4 Å². The molecular formula is C25H30O2. The van der Waals surface area contributed by atoms with Gasteiger partial charge in [-0.25, -0.2) is 0 Å². The number of aliphatic hydroxyl groups excluding tert-OH is 1. The van der Waals surface area contributed by atoms with Crippen LogP contribution in [0.25, 0.3) is 0 Å². The van der Waals surface area contributed by atoms with Gasteiger partial charge in [0.15, 0.2) is 0 Å². The monoisotopic (exact) mass is 362 g/mol. The molecule has 2 saturated carbocycles. The number of aromatic hydroxyl groups is 1. The fourth-order valence-electron chi connectivity index (χ4n) is 6.83. The highest BCUT2D eigenvalue weighted by Crippen LogP contribution is 2.62. The molecule has 2 aromatic carbocycles. The van der Waals surface area contributed by atoms with Crippen LogP contribution in [-0.2, 0) is 12.8 Å². The number of fused-ring (bicyclic) bond motifs is 5. The Balaban J connectivity index is 1.42. The van der Waals surface area contributed by atoms with Gasteiger partial charge in [0.25, 0.3) is 0 Å². The van der Waals surface area contributed by atoms with E-state index in [2.05, 4.69) is 43.3 Å². The molecule has 0 unspecified atom stereocenters. The van der Waals surface area contributed by atoms with E-state index in [-0.39, 0.29) is 11.5 Å². The highest BCUT2D eigenvalue weighted by molar-refractivity contribution is 5.40. The maximum Gasteiger partial charge on any atom is 0.115 e. The molecule has 3 aliphatic carbocycles. The van der Waals surface area contributed by atoms with E-state index in [1.807, 2.05) is 12.1 Å². The first kappa shape index (κ1) is 17.3. The lowest BCUT2D eigenvalue weighted by Crippen LogP contribution is -2.44. The van der Waals surface area contributed by atoms with Crippen molar-refractivity contribution < 1.29 is 10.2 Å². The Kier molecular flexibility index (Phi) is 4.09. The predicted octanol–water partition coefficient (Wildman–Crippen LogP) is 5.08. The molecule has 0 saturated heterocycles. The lowest BCUT2D eigenvalue weighted by Gasteiger charge is -2.50. The second-order valence-electron chi connectivity index (χ2n) is 9.47. The maximum atomic E-state index is 11.3. The van der Waals surface area contributed by atoms with Crippen molar-refractivity contribution in [2.24, 2.45) is 23.2 Å². The molecule has 6 atom stereocenters. The van der Waals surface area contributed by atoms with Crippen LogP contribution in [-0.4, -0.2) is 16.3 Å². The van der Waals surface area contributed by atoms with Gasteiger partial charge in [-0.3, -0.25) is 0 Å². The highest BCUT2D eigenvalue weighted by atomic mass is 16.3. The van der Waals surface area contributed by atoms with E-state index in [9.17, 15) is 10.2 Å². The fraction of sp³-hybridized carbons (Fsp3) is 0.520. The van der Waals surface area contributed by atoms with Gasteiger partial charge in [-0.2, -0.15) is 0 Å². The Morgan fingerprint density at radius 2 is 1.89 bits per heavy atom. The minimum absolute atomic E-state index is 0.0645. The van der Waals surface area contributed by atoms with Crippen LogP contribution in [0.4, 0.5) is 0 Å². The first-order valence-corrected chi connectivity index (χ1v) is 10.6. The fourth-order valence-corrected chi connectivity index (χ4v) is 6.83. The molecule has 0 radical (unpaired) electrons. The minimum atomic E-state index is -0.190. The van der Waals surface area contributed by atoms with Crippen LogP contribution >= 0.6 is 0 Å². The first-order chi connectivity index (χ1) is 13.1. The molecule has 2 heteroatoms. The molecule has 0 aromatic heterocycles. The third-order valence-corrected chi connectivity index (χ3v) is 8.17. The van der Waals surface area contributed by atoms with Gasteiger partial charge in [-0.1, -0.05) is 43.3 Å². The summed E-state index contributed by atoms with van der Waals surface area (Å²) in [5.41, 5.74) is 4.23. The molecule has 0 bridgehead atoms. The number of phenols is 1. The third kappa shape index (κ3) is 2.72. The molecule has 2 N–H and O–H groups in total. The summed E-state index contributed by atoms with van der Waals surface area (Å²) in [6.07, 6.45) is 6.51. The second-order valence-corrected chi connectivity index (χ2v) is 9.47. The average Bonchev–Trinajstić information content (AvgIpc) is 2.93. The average molecular weight is 363 g/mol. The SMILES string of the molecule is C[C@]12CC[C@@H]3c4ccc(O)cc4CC[C@H]3[C@@H]1C[C@@H](Cc1ccccc1)[C@@H]2O. The molecule has 27 heavy (non-hydrogen) atoms. The number of phenolic OH excluding ortho intramolecular Hbond substituents is 1. The van der Waals surface area contributed by atoms with E-state index in [1.165, 1.54) is 29.5 Å². The minimum Gasteiger partial charge on any atom is -0.508 e. The van der Waals surface area contributed by atoms with E-state index in [0.717, 1.165) is 25.7 Å². The maximum absolute atomic E-state index is 11.3. The molecule has 0 aliphatic heterocycles. The number of aryl methyl sites for hydroxylation is 1. The first-order valence-electron chi connectivity index (χ1n) is 10.6. The standard InChI is InChI=1S/C25H30O2/c1-25-12-11-21-20-10-8-19(26)14-17(20)7-9-22(21)23(25)15-18(24(25)27)13-16-5-3-2-4-6-16/h2-6,8,10,14,18,21-24,26-27H,7,9,11-13,15H2,1H3/t18-,21-,22-,23+,24+,25+/m1/s1. The summed E-state index contributed by atoms with van der Waals surface area (Å²) in [4.78, 5) is 0. The van der Waals surface area contributed by atoms with E-state index in [1.54, 1.807) is 0 Å². The van der Waals surface area contributed by atoms with Crippen molar-refractivity contribution in [3.63, 3.8) is 0 Å². The summed E-state index contributed by atoms with van der Waals surface area (Å²) < 4.78 is 0. The summed E-state index contributed by atoms with van der Waals surface area (Å²) in [6, 6.07) is 16.7. The molecule has 0 spiro atoms. The molecule has 2 aromatic rings. The van der Waals surface area contributed by atoms with Gasteiger partial charge < -0.3 is 10.2 Å². The van der Waals surface area contributed by atoms with E-state index in [4.69, 9.17) is 0 Å². The lowest BCUT2D eigenvalue weighted by atomic mass is 9.55. The molecule has 5 rings (SSSR count). The van der Waals surface area contributed by atoms with Gasteiger partial charge in [0, 0.05) is 0 Å². The molecule has 142 valence electrons.